The summed E-state index contributed by atoms with van der Waals surface area (Å²) in [6.45, 7) is 0. The molecule has 0 saturated heterocycles. The Morgan fingerprint density at radius 2 is 1.45 bits per heavy atom. The SMILES string of the molecule is O=Cc1ccc2[nH]c(=O)oc2c1.O=c1[nH]c2ccccc2o1. The molecule has 0 spiro atoms. The van der Waals surface area contributed by atoms with Crippen LogP contribution in [0.1, 0.15) is 10.4 Å². The second kappa shape index (κ2) is 5.57. The molecule has 7 nitrogen and oxygen atoms in total. The van der Waals surface area contributed by atoms with Crippen LogP contribution in [0.2, 0.25) is 0 Å². The van der Waals surface area contributed by atoms with Crippen molar-refractivity contribution in [3.63, 3.8) is 0 Å². The van der Waals surface area contributed by atoms with Gasteiger partial charge in [0.05, 0.1) is 11.0 Å². The minimum Gasteiger partial charge on any atom is -0.408 e. The Balaban J connectivity index is 0.000000133. The highest BCUT2D eigenvalue weighted by atomic mass is 16.4. The number of nitrogens with one attached hydrogen (secondary N) is 2. The number of H-pyrrole nitrogens is 2. The predicted molar refractivity (Wildman–Crippen MR) is 79.1 cm³/mol. The minimum atomic E-state index is -0.506. The van der Waals surface area contributed by atoms with Gasteiger partial charge in [-0.3, -0.25) is 14.8 Å². The van der Waals surface area contributed by atoms with E-state index in [0.29, 0.717) is 28.5 Å². The summed E-state index contributed by atoms with van der Waals surface area (Å²) in [7, 11) is 0. The van der Waals surface area contributed by atoms with Crippen LogP contribution in [0, 0.1) is 0 Å². The van der Waals surface area contributed by atoms with Crippen LogP contribution < -0.4 is 11.5 Å². The van der Waals surface area contributed by atoms with Crippen molar-refractivity contribution in [2.24, 2.45) is 0 Å². The van der Waals surface area contributed by atoms with Gasteiger partial charge in [0, 0.05) is 5.56 Å². The Morgan fingerprint density at radius 3 is 2.14 bits per heavy atom. The van der Waals surface area contributed by atoms with Crippen molar-refractivity contribution in [3.05, 3.63) is 69.1 Å². The van der Waals surface area contributed by atoms with Gasteiger partial charge in [0.15, 0.2) is 11.2 Å². The van der Waals surface area contributed by atoms with Crippen LogP contribution in [0.15, 0.2) is 60.9 Å². The molecular formula is C15H10N2O5. The van der Waals surface area contributed by atoms with E-state index in [1.54, 1.807) is 24.3 Å². The fraction of sp³-hybridized carbons (Fsp3) is 0. The average Bonchev–Trinajstić information content (AvgIpc) is 3.07. The van der Waals surface area contributed by atoms with Crippen LogP contribution >= 0.6 is 0 Å². The molecule has 4 rings (SSSR count). The number of hydrogen-bond acceptors (Lipinski definition) is 5. The molecule has 0 aliphatic carbocycles. The summed E-state index contributed by atoms with van der Waals surface area (Å²) in [6, 6.07) is 11.9. The zero-order valence-corrected chi connectivity index (χ0v) is 11.2. The molecule has 2 aromatic carbocycles. The maximum Gasteiger partial charge on any atom is 0.417 e. The third-order valence-corrected chi connectivity index (χ3v) is 2.91. The number of carbonyl (C=O) groups excluding carboxylic acids is 1. The van der Waals surface area contributed by atoms with Crippen LogP contribution in [-0.2, 0) is 0 Å². The van der Waals surface area contributed by atoms with Gasteiger partial charge in [-0.1, -0.05) is 12.1 Å². The van der Waals surface area contributed by atoms with Gasteiger partial charge >= 0.3 is 11.5 Å². The lowest BCUT2D eigenvalue weighted by atomic mass is 10.2. The van der Waals surface area contributed by atoms with E-state index in [-0.39, 0.29) is 0 Å². The topological polar surface area (TPSA) is 109 Å². The van der Waals surface area contributed by atoms with E-state index in [1.165, 1.54) is 6.07 Å². The van der Waals surface area contributed by atoms with Crippen LogP contribution in [0.4, 0.5) is 0 Å². The largest absolute Gasteiger partial charge is 0.417 e. The zero-order valence-electron chi connectivity index (χ0n) is 11.2. The number of para-hydroxylation sites is 2. The molecule has 22 heavy (non-hydrogen) atoms. The summed E-state index contributed by atoms with van der Waals surface area (Å²) in [4.78, 5) is 36.6. The number of oxazole rings is 2. The number of aldehydes is 1. The molecule has 0 fully saturated rings. The van der Waals surface area contributed by atoms with Crippen molar-refractivity contribution in [1.29, 1.82) is 0 Å². The van der Waals surface area contributed by atoms with E-state index < -0.39 is 11.5 Å². The van der Waals surface area contributed by atoms with E-state index in [1.807, 2.05) is 12.1 Å². The van der Waals surface area contributed by atoms with Crippen molar-refractivity contribution >= 4 is 28.5 Å². The molecule has 0 saturated carbocycles. The van der Waals surface area contributed by atoms with E-state index in [4.69, 9.17) is 8.83 Å². The quantitative estimate of drug-likeness (QED) is 0.523. The molecule has 0 unspecified atom stereocenters. The van der Waals surface area contributed by atoms with E-state index in [2.05, 4.69) is 9.97 Å². The molecule has 0 amide bonds. The fourth-order valence-electron chi connectivity index (χ4n) is 1.93. The summed E-state index contributed by atoms with van der Waals surface area (Å²) < 4.78 is 9.50. The summed E-state index contributed by atoms with van der Waals surface area (Å²) in [6.07, 6.45) is 0.701. The van der Waals surface area contributed by atoms with Gasteiger partial charge in [-0.15, -0.1) is 0 Å². The fourth-order valence-corrected chi connectivity index (χ4v) is 1.93. The van der Waals surface area contributed by atoms with Gasteiger partial charge in [0.25, 0.3) is 0 Å². The normalized spacial score (nSPS) is 10.4. The monoisotopic (exact) mass is 298 g/mol. The van der Waals surface area contributed by atoms with Crippen molar-refractivity contribution in [1.82, 2.24) is 9.97 Å². The molecule has 0 bridgehead atoms. The molecule has 0 aliphatic rings. The molecule has 110 valence electrons. The standard InChI is InChI=1S/C8H5NO3.C7H5NO2/c10-4-5-1-2-6-7(3-5)12-8(11)9-6;9-7-8-5-3-1-2-4-6(5)10-7/h1-4H,(H,9,11);1-4H,(H,8,9). The number of carbonyl (C=O) groups is 1. The number of fused-ring (bicyclic) bond motifs is 2. The van der Waals surface area contributed by atoms with Gasteiger partial charge in [-0.05, 0) is 30.3 Å². The molecule has 2 N–H and O–H groups in total. The van der Waals surface area contributed by atoms with Gasteiger partial charge in [-0.2, -0.15) is 0 Å². The Bertz CT molecular complexity index is 1010. The highest BCUT2D eigenvalue weighted by Gasteiger charge is 2.00. The Kier molecular flexibility index (Phi) is 3.45. The van der Waals surface area contributed by atoms with Crippen LogP contribution in [0.5, 0.6) is 0 Å². The first-order valence-electron chi connectivity index (χ1n) is 6.31. The van der Waals surface area contributed by atoms with Crippen molar-refractivity contribution in [2.75, 3.05) is 0 Å². The zero-order chi connectivity index (χ0) is 15.5. The third-order valence-electron chi connectivity index (χ3n) is 2.91. The van der Waals surface area contributed by atoms with Crippen molar-refractivity contribution in [2.45, 2.75) is 0 Å². The first-order chi connectivity index (χ1) is 10.7. The van der Waals surface area contributed by atoms with Crippen LogP contribution in [0.25, 0.3) is 22.2 Å². The predicted octanol–water partition coefficient (Wildman–Crippen LogP) is 2.05. The highest BCUT2D eigenvalue weighted by molar-refractivity contribution is 5.83. The Hall–Kier alpha value is -3.35. The molecule has 2 aromatic heterocycles. The molecular weight excluding hydrogens is 288 g/mol. The molecule has 0 atom stereocenters. The van der Waals surface area contributed by atoms with Gasteiger partial charge in [-0.25, -0.2) is 9.59 Å². The van der Waals surface area contributed by atoms with E-state index in [9.17, 15) is 14.4 Å². The lowest BCUT2D eigenvalue weighted by molar-refractivity contribution is 0.112. The Morgan fingerprint density at radius 1 is 0.818 bits per heavy atom. The summed E-state index contributed by atoms with van der Waals surface area (Å²) in [5.74, 6) is -0.908. The lowest BCUT2D eigenvalue weighted by Gasteiger charge is -1.87. The molecule has 2 heterocycles. The third kappa shape index (κ3) is 2.73. The first-order valence-corrected chi connectivity index (χ1v) is 6.31. The van der Waals surface area contributed by atoms with E-state index >= 15 is 0 Å². The van der Waals surface area contributed by atoms with E-state index in [0.717, 1.165) is 5.52 Å². The molecule has 4 aromatic rings. The lowest BCUT2D eigenvalue weighted by Crippen LogP contribution is -1.92. The molecule has 0 aliphatic heterocycles. The second-order valence-corrected chi connectivity index (χ2v) is 4.40. The summed E-state index contributed by atoms with van der Waals surface area (Å²) >= 11 is 0. The summed E-state index contributed by atoms with van der Waals surface area (Å²) in [5, 5.41) is 0. The Labute approximate surface area is 122 Å². The van der Waals surface area contributed by atoms with Crippen molar-refractivity contribution < 1.29 is 13.6 Å². The number of benzene rings is 2. The number of hydrogen-bond donors (Lipinski definition) is 2. The van der Waals surface area contributed by atoms with Crippen LogP contribution in [0.3, 0.4) is 0 Å². The second-order valence-electron chi connectivity index (χ2n) is 4.40. The highest BCUT2D eigenvalue weighted by Crippen LogP contribution is 2.10. The van der Waals surface area contributed by atoms with Gasteiger partial charge < -0.3 is 8.83 Å². The maximum atomic E-state index is 10.7. The smallest absolute Gasteiger partial charge is 0.408 e. The van der Waals surface area contributed by atoms with Crippen LogP contribution in [-0.4, -0.2) is 16.3 Å². The minimum absolute atomic E-state index is 0.402. The molecule has 0 radical (unpaired) electrons. The first kappa shape index (κ1) is 13.6. The maximum absolute atomic E-state index is 10.7. The summed E-state index contributed by atoms with van der Waals surface area (Å²) in [5.41, 5.74) is 2.85. The molecule has 7 heteroatoms. The number of rotatable bonds is 1. The average molecular weight is 298 g/mol. The number of aromatic nitrogens is 2. The number of aromatic amines is 2. The van der Waals surface area contributed by atoms with Crippen molar-refractivity contribution in [3.8, 4) is 0 Å². The van der Waals surface area contributed by atoms with Gasteiger partial charge in [0.1, 0.15) is 6.29 Å². The van der Waals surface area contributed by atoms with Gasteiger partial charge in [0.2, 0.25) is 0 Å².